The fourth-order valence-electron chi connectivity index (χ4n) is 0.768. The minimum absolute atomic E-state index is 0.325. The van der Waals surface area contributed by atoms with Gasteiger partial charge in [0.05, 0.1) is 6.61 Å². The molecule has 0 aliphatic carbocycles. The van der Waals surface area contributed by atoms with Crippen molar-refractivity contribution in [1.82, 2.24) is 0 Å². The van der Waals surface area contributed by atoms with Crippen LogP contribution >= 0.6 is 0 Å². The number of hydrogen-bond acceptors (Lipinski definition) is 2. The van der Waals surface area contributed by atoms with Gasteiger partial charge in [0.2, 0.25) is 0 Å². The van der Waals surface area contributed by atoms with E-state index < -0.39 is 0 Å². The first-order valence-electron chi connectivity index (χ1n) is 5.06. The van der Waals surface area contributed by atoms with Gasteiger partial charge in [-0.05, 0) is 19.9 Å². The highest BCUT2D eigenvalue weighted by atomic mass is 16.5. The van der Waals surface area contributed by atoms with E-state index in [2.05, 4.69) is 11.8 Å². The van der Waals surface area contributed by atoms with Crippen molar-refractivity contribution >= 4 is 5.97 Å². The van der Waals surface area contributed by atoms with Crippen LogP contribution in [0.3, 0.4) is 0 Å². The van der Waals surface area contributed by atoms with Gasteiger partial charge in [0.15, 0.2) is 0 Å². The van der Waals surface area contributed by atoms with Crippen LogP contribution in [0, 0.1) is 11.8 Å². The van der Waals surface area contributed by atoms with Crippen molar-refractivity contribution in [3.8, 4) is 11.8 Å². The number of carbonyl (C=O) groups excluding carboxylic acids is 1. The fraction of sp³-hybridized carbons (Fsp3) is 0.214. The molecule has 0 spiro atoms. The summed E-state index contributed by atoms with van der Waals surface area (Å²) in [7, 11) is 0. The van der Waals surface area contributed by atoms with Crippen molar-refractivity contribution < 1.29 is 9.53 Å². The summed E-state index contributed by atoms with van der Waals surface area (Å²) in [5, 5.41) is 0. The molecule has 0 rings (SSSR count). The highest BCUT2D eigenvalue weighted by molar-refractivity contribution is 5.82. The predicted molar refractivity (Wildman–Crippen MR) is 66.6 cm³/mol. The number of rotatable bonds is 5. The van der Waals surface area contributed by atoms with Crippen molar-refractivity contribution in [3.05, 3.63) is 48.6 Å². The number of allylic oxidation sites excluding steroid dienone is 7. The van der Waals surface area contributed by atoms with Crippen molar-refractivity contribution in [2.45, 2.75) is 13.8 Å². The summed E-state index contributed by atoms with van der Waals surface area (Å²) in [6.07, 6.45) is 13.9. The first kappa shape index (κ1) is 14.0. The van der Waals surface area contributed by atoms with E-state index in [0.717, 1.165) is 0 Å². The number of ether oxygens (including phenoxy) is 1. The molecule has 0 amide bonds. The summed E-state index contributed by atoms with van der Waals surface area (Å²) in [5.41, 5.74) is 0. The molecule has 0 heterocycles. The molecule has 16 heavy (non-hydrogen) atoms. The normalized spacial score (nSPS) is 11.4. The van der Waals surface area contributed by atoms with Crippen molar-refractivity contribution in [2.24, 2.45) is 0 Å². The summed E-state index contributed by atoms with van der Waals surface area (Å²) >= 11 is 0. The average Bonchev–Trinajstić information content (AvgIpc) is 2.27. The molecule has 0 saturated carbocycles. The molecule has 0 aromatic rings. The standard InChI is InChI=1S/C14H16O2/c1-3-5-6-7-8-9-10-11-12-13-14(15)16-4-2/h6-13H,4H2,1-2H3/b7-6+,9-8+,11-10+,13-12+. The molecule has 2 nitrogen and oxygen atoms in total. The lowest BCUT2D eigenvalue weighted by Crippen LogP contribution is -1.98. The van der Waals surface area contributed by atoms with Crippen LogP contribution in [0.25, 0.3) is 0 Å². The second-order valence-corrected chi connectivity index (χ2v) is 2.63. The molecule has 84 valence electrons. The van der Waals surface area contributed by atoms with Gasteiger partial charge in [-0.15, -0.1) is 5.92 Å². The Labute approximate surface area is 97.0 Å². The highest BCUT2D eigenvalue weighted by Gasteiger charge is 1.89. The third-order valence-electron chi connectivity index (χ3n) is 1.40. The van der Waals surface area contributed by atoms with Gasteiger partial charge in [0, 0.05) is 6.08 Å². The van der Waals surface area contributed by atoms with Gasteiger partial charge in [-0.3, -0.25) is 0 Å². The Morgan fingerprint density at radius 2 is 1.75 bits per heavy atom. The number of hydrogen-bond donors (Lipinski definition) is 0. The summed E-state index contributed by atoms with van der Waals surface area (Å²) in [5.74, 6) is 5.23. The minimum atomic E-state index is -0.325. The van der Waals surface area contributed by atoms with Gasteiger partial charge in [-0.2, -0.15) is 0 Å². The Morgan fingerprint density at radius 3 is 2.38 bits per heavy atom. The van der Waals surface area contributed by atoms with E-state index >= 15 is 0 Å². The molecule has 0 aliphatic heterocycles. The molecule has 0 bridgehead atoms. The van der Waals surface area contributed by atoms with Crippen LogP contribution < -0.4 is 0 Å². The number of carbonyl (C=O) groups is 1. The fourth-order valence-corrected chi connectivity index (χ4v) is 0.768. The van der Waals surface area contributed by atoms with Crippen molar-refractivity contribution in [2.75, 3.05) is 6.61 Å². The molecule has 0 atom stereocenters. The quantitative estimate of drug-likeness (QED) is 0.306. The maximum absolute atomic E-state index is 10.9. The van der Waals surface area contributed by atoms with E-state index in [1.54, 1.807) is 32.1 Å². The Balaban J connectivity index is 3.83. The zero-order valence-corrected chi connectivity index (χ0v) is 9.64. The van der Waals surface area contributed by atoms with Crippen molar-refractivity contribution in [1.29, 1.82) is 0 Å². The van der Waals surface area contributed by atoms with Gasteiger partial charge < -0.3 is 4.74 Å². The summed E-state index contributed by atoms with van der Waals surface area (Å²) in [4.78, 5) is 10.9. The third kappa shape index (κ3) is 10.1. The molecular weight excluding hydrogens is 200 g/mol. The molecular formula is C14H16O2. The van der Waals surface area contributed by atoms with Crippen LogP contribution in [0.15, 0.2) is 48.6 Å². The maximum Gasteiger partial charge on any atom is 0.330 e. The molecule has 0 radical (unpaired) electrons. The first-order chi connectivity index (χ1) is 7.81. The van der Waals surface area contributed by atoms with E-state index in [9.17, 15) is 4.79 Å². The SMILES string of the molecule is CC#C/C=C/C=C/C=C/C=C/C(=O)OCC. The van der Waals surface area contributed by atoms with E-state index in [1.165, 1.54) is 6.08 Å². The Bertz CT molecular complexity index is 360. The lowest BCUT2D eigenvalue weighted by atomic mass is 10.4. The summed E-state index contributed by atoms with van der Waals surface area (Å²) in [6, 6.07) is 0. The second-order valence-electron chi connectivity index (χ2n) is 2.63. The van der Waals surface area contributed by atoms with Crippen LogP contribution in [0.4, 0.5) is 0 Å². The van der Waals surface area contributed by atoms with E-state index in [4.69, 9.17) is 4.74 Å². The van der Waals surface area contributed by atoms with E-state index in [-0.39, 0.29) is 5.97 Å². The molecule has 0 unspecified atom stereocenters. The largest absolute Gasteiger partial charge is 0.463 e. The van der Waals surface area contributed by atoms with Gasteiger partial charge in [0.1, 0.15) is 0 Å². The Hall–Kier alpha value is -2.01. The summed E-state index contributed by atoms with van der Waals surface area (Å²) < 4.78 is 4.71. The smallest absolute Gasteiger partial charge is 0.330 e. The first-order valence-corrected chi connectivity index (χ1v) is 5.06. The third-order valence-corrected chi connectivity index (χ3v) is 1.40. The van der Waals surface area contributed by atoms with Crippen LogP contribution in [0.1, 0.15) is 13.8 Å². The molecule has 0 aliphatic rings. The van der Waals surface area contributed by atoms with E-state index in [1.807, 2.05) is 24.3 Å². The summed E-state index contributed by atoms with van der Waals surface area (Å²) in [6.45, 7) is 3.96. The van der Waals surface area contributed by atoms with Crippen molar-refractivity contribution in [3.63, 3.8) is 0 Å². The molecule has 2 heteroatoms. The monoisotopic (exact) mass is 216 g/mol. The lowest BCUT2D eigenvalue weighted by molar-refractivity contribution is -0.137. The molecule has 0 saturated heterocycles. The zero-order valence-electron chi connectivity index (χ0n) is 9.64. The van der Waals surface area contributed by atoms with Gasteiger partial charge in [-0.1, -0.05) is 42.4 Å². The zero-order chi connectivity index (χ0) is 12.1. The Kier molecular flexibility index (Phi) is 9.68. The molecule has 0 aromatic carbocycles. The van der Waals surface area contributed by atoms with Crippen LogP contribution in [-0.2, 0) is 9.53 Å². The average molecular weight is 216 g/mol. The second kappa shape index (κ2) is 11.1. The van der Waals surface area contributed by atoms with Crippen LogP contribution in [0.5, 0.6) is 0 Å². The predicted octanol–water partition coefficient (Wildman–Crippen LogP) is 2.80. The highest BCUT2D eigenvalue weighted by Crippen LogP contribution is 1.84. The van der Waals surface area contributed by atoms with Crippen LogP contribution in [-0.4, -0.2) is 12.6 Å². The topological polar surface area (TPSA) is 26.3 Å². The van der Waals surface area contributed by atoms with E-state index in [0.29, 0.717) is 6.61 Å². The van der Waals surface area contributed by atoms with Gasteiger partial charge >= 0.3 is 5.97 Å². The van der Waals surface area contributed by atoms with Gasteiger partial charge in [-0.25, -0.2) is 4.79 Å². The maximum atomic E-state index is 10.9. The molecule has 0 N–H and O–H groups in total. The Morgan fingerprint density at radius 1 is 1.12 bits per heavy atom. The van der Waals surface area contributed by atoms with Crippen LogP contribution in [0.2, 0.25) is 0 Å². The minimum Gasteiger partial charge on any atom is -0.463 e. The molecule has 0 aromatic heterocycles. The number of esters is 1. The van der Waals surface area contributed by atoms with Gasteiger partial charge in [0.25, 0.3) is 0 Å². The molecule has 0 fully saturated rings. The lowest BCUT2D eigenvalue weighted by Gasteiger charge is -1.92.